The summed E-state index contributed by atoms with van der Waals surface area (Å²) in [7, 11) is 3.85. The molecule has 162 valence electrons. The molecule has 0 fully saturated rings. The van der Waals surface area contributed by atoms with E-state index in [2.05, 4.69) is 63.9 Å². The summed E-state index contributed by atoms with van der Waals surface area (Å²) in [5.41, 5.74) is 2.37. The molecule has 0 bridgehead atoms. The smallest absolute Gasteiger partial charge is 0.191 e. The largest absolute Gasteiger partial charge is 0.383 e. The van der Waals surface area contributed by atoms with Gasteiger partial charge in [-0.25, -0.2) is 4.68 Å². The Morgan fingerprint density at radius 3 is 2.66 bits per heavy atom. The van der Waals surface area contributed by atoms with Gasteiger partial charge in [-0.05, 0) is 57.1 Å². The number of aliphatic imine (C=N–C) groups is 1. The molecule has 0 aliphatic heterocycles. The number of ether oxygens (including phenoxy) is 1. The van der Waals surface area contributed by atoms with E-state index in [4.69, 9.17) is 4.74 Å². The van der Waals surface area contributed by atoms with Gasteiger partial charge in [0.2, 0.25) is 0 Å². The minimum atomic E-state index is 0. The van der Waals surface area contributed by atoms with Crippen LogP contribution in [0.1, 0.15) is 18.9 Å². The van der Waals surface area contributed by atoms with Crippen LogP contribution >= 0.6 is 24.0 Å². The first-order chi connectivity index (χ1) is 13.7. The quantitative estimate of drug-likeness (QED) is 0.197. The van der Waals surface area contributed by atoms with Crippen LogP contribution in [0.2, 0.25) is 0 Å². The molecule has 1 heterocycles. The molecule has 0 spiro atoms. The number of hydrogen-bond donors (Lipinski definition) is 2. The number of nitrogens with one attached hydrogen (secondary N) is 2. The third kappa shape index (κ3) is 10.1. The van der Waals surface area contributed by atoms with Crippen LogP contribution in [-0.4, -0.2) is 74.1 Å². The van der Waals surface area contributed by atoms with E-state index in [1.54, 1.807) is 13.3 Å². The van der Waals surface area contributed by atoms with Gasteiger partial charge in [-0.2, -0.15) is 5.10 Å². The number of methoxy groups -OCH3 is 1. The summed E-state index contributed by atoms with van der Waals surface area (Å²) in [6, 6.07) is 10.4. The number of likely N-dealkylation sites (N-methyl/N-ethyl adjacent to an activating group) is 1. The second kappa shape index (κ2) is 15.2. The first-order valence-electron chi connectivity index (χ1n) is 10.0. The van der Waals surface area contributed by atoms with Crippen LogP contribution in [0.15, 0.2) is 47.7 Å². The van der Waals surface area contributed by atoms with Crippen LogP contribution in [-0.2, 0) is 11.2 Å². The van der Waals surface area contributed by atoms with Crippen LogP contribution in [0, 0.1) is 0 Å². The van der Waals surface area contributed by atoms with Crippen molar-refractivity contribution in [3.05, 3.63) is 48.3 Å². The second-order valence-corrected chi connectivity index (χ2v) is 6.70. The van der Waals surface area contributed by atoms with Crippen LogP contribution in [0.4, 0.5) is 0 Å². The van der Waals surface area contributed by atoms with Crippen molar-refractivity contribution < 1.29 is 4.74 Å². The molecule has 0 radical (unpaired) electrons. The summed E-state index contributed by atoms with van der Waals surface area (Å²) >= 11 is 0. The Morgan fingerprint density at radius 1 is 1.21 bits per heavy atom. The molecule has 0 unspecified atom stereocenters. The highest BCUT2D eigenvalue weighted by Crippen LogP contribution is 2.08. The summed E-state index contributed by atoms with van der Waals surface area (Å²) < 4.78 is 6.97. The number of rotatable bonds is 12. The lowest BCUT2D eigenvalue weighted by molar-refractivity contribution is 0.161. The Bertz CT molecular complexity index is 675. The molecule has 0 atom stereocenters. The highest BCUT2D eigenvalue weighted by molar-refractivity contribution is 14.0. The van der Waals surface area contributed by atoms with Crippen molar-refractivity contribution in [1.82, 2.24) is 25.3 Å². The number of benzene rings is 1. The Hall–Kier alpha value is -1.65. The first-order valence-corrected chi connectivity index (χ1v) is 10.0. The topological polar surface area (TPSA) is 66.7 Å². The van der Waals surface area contributed by atoms with Crippen molar-refractivity contribution in [2.24, 2.45) is 4.99 Å². The van der Waals surface area contributed by atoms with Gasteiger partial charge in [0.15, 0.2) is 5.96 Å². The third-order valence-corrected chi connectivity index (χ3v) is 4.40. The number of aromatic nitrogens is 2. The number of nitrogens with zero attached hydrogens (tertiary/aromatic N) is 4. The Morgan fingerprint density at radius 2 is 2.00 bits per heavy atom. The van der Waals surface area contributed by atoms with Crippen LogP contribution < -0.4 is 10.6 Å². The van der Waals surface area contributed by atoms with Gasteiger partial charge in [0.05, 0.1) is 12.3 Å². The molecule has 0 aliphatic rings. The van der Waals surface area contributed by atoms with Crippen molar-refractivity contribution in [2.75, 3.05) is 53.5 Å². The van der Waals surface area contributed by atoms with Crippen LogP contribution in [0.3, 0.4) is 0 Å². The van der Waals surface area contributed by atoms with Gasteiger partial charge < -0.3 is 20.3 Å². The molecule has 0 saturated carbocycles. The van der Waals surface area contributed by atoms with E-state index in [1.807, 2.05) is 16.9 Å². The minimum absolute atomic E-state index is 0. The molecular weight excluding hydrogens is 479 g/mol. The second-order valence-electron chi connectivity index (χ2n) is 6.70. The Labute approximate surface area is 191 Å². The lowest BCUT2D eigenvalue weighted by Crippen LogP contribution is -2.38. The van der Waals surface area contributed by atoms with E-state index in [0.29, 0.717) is 0 Å². The summed E-state index contributed by atoms with van der Waals surface area (Å²) in [4.78, 5) is 6.94. The fourth-order valence-electron chi connectivity index (χ4n) is 2.79. The molecule has 1 aromatic carbocycles. The van der Waals surface area contributed by atoms with Crippen molar-refractivity contribution >= 4 is 29.9 Å². The number of hydrogen-bond acceptors (Lipinski definition) is 4. The number of halogens is 1. The lowest BCUT2D eigenvalue weighted by Gasteiger charge is -2.15. The SMILES string of the molecule is CCNC(=NCCCN(C)CCOC)NCCc1ccc(-n2cccn2)cc1.I. The van der Waals surface area contributed by atoms with E-state index in [1.165, 1.54) is 5.56 Å². The van der Waals surface area contributed by atoms with Gasteiger partial charge in [0.25, 0.3) is 0 Å². The third-order valence-electron chi connectivity index (χ3n) is 4.40. The molecular formula is C21H35IN6O. The Kier molecular flexibility index (Phi) is 13.3. The predicted octanol–water partition coefficient (Wildman–Crippen LogP) is 2.56. The molecule has 0 saturated heterocycles. The summed E-state index contributed by atoms with van der Waals surface area (Å²) in [6.45, 7) is 7.35. The zero-order chi connectivity index (χ0) is 20.0. The molecule has 2 aromatic rings. The maximum atomic E-state index is 5.10. The van der Waals surface area contributed by atoms with E-state index in [0.717, 1.165) is 63.8 Å². The average Bonchev–Trinajstić information content (AvgIpc) is 3.25. The van der Waals surface area contributed by atoms with E-state index < -0.39 is 0 Å². The number of guanidine groups is 1. The molecule has 29 heavy (non-hydrogen) atoms. The van der Waals surface area contributed by atoms with Crippen molar-refractivity contribution in [3.8, 4) is 5.69 Å². The van der Waals surface area contributed by atoms with Crippen LogP contribution in [0.5, 0.6) is 0 Å². The molecule has 8 heteroatoms. The predicted molar refractivity (Wildman–Crippen MR) is 131 cm³/mol. The monoisotopic (exact) mass is 514 g/mol. The van der Waals surface area contributed by atoms with Crippen LogP contribution in [0.25, 0.3) is 5.69 Å². The molecule has 2 N–H and O–H groups in total. The average molecular weight is 514 g/mol. The van der Waals surface area contributed by atoms with E-state index in [9.17, 15) is 0 Å². The zero-order valence-electron chi connectivity index (χ0n) is 17.8. The normalized spacial score (nSPS) is 11.4. The molecule has 0 aliphatic carbocycles. The Balaban J connectivity index is 0.00000420. The van der Waals surface area contributed by atoms with E-state index >= 15 is 0 Å². The molecule has 2 rings (SSSR count). The fourth-order valence-corrected chi connectivity index (χ4v) is 2.79. The lowest BCUT2D eigenvalue weighted by atomic mass is 10.1. The summed E-state index contributed by atoms with van der Waals surface area (Å²) in [5, 5.41) is 11.0. The first kappa shape index (κ1) is 25.4. The highest BCUT2D eigenvalue weighted by Gasteiger charge is 2.01. The summed E-state index contributed by atoms with van der Waals surface area (Å²) in [5.74, 6) is 0.884. The molecule has 1 aromatic heterocycles. The van der Waals surface area contributed by atoms with E-state index in [-0.39, 0.29) is 24.0 Å². The van der Waals surface area contributed by atoms with Gasteiger partial charge >= 0.3 is 0 Å². The summed E-state index contributed by atoms with van der Waals surface area (Å²) in [6.07, 6.45) is 5.72. The van der Waals surface area contributed by atoms with Gasteiger partial charge in [-0.15, -0.1) is 24.0 Å². The minimum Gasteiger partial charge on any atom is -0.383 e. The maximum absolute atomic E-state index is 5.10. The van der Waals surface area contributed by atoms with Crippen molar-refractivity contribution in [3.63, 3.8) is 0 Å². The molecule has 7 nitrogen and oxygen atoms in total. The van der Waals surface area contributed by atoms with Gasteiger partial charge in [0.1, 0.15) is 0 Å². The maximum Gasteiger partial charge on any atom is 0.191 e. The molecule has 0 amide bonds. The van der Waals surface area contributed by atoms with Gasteiger partial charge in [-0.1, -0.05) is 12.1 Å². The highest BCUT2D eigenvalue weighted by atomic mass is 127. The van der Waals surface area contributed by atoms with Gasteiger partial charge in [0, 0.05) is 45.7 Å². The zero-order valence-corrected chi connectivity index (χ0v) is 20.1. The van der Waals surface area contributed by atoms with Crippen molar-refractivity contribution in [1.29, 1.82) is 0 Å². The fraction of sp³-hybridized carbons (Fsp3) is 0.524. The standard InChI is InChI=1S/C21H34N6O.HI/c1-4-22-21(23-12-5-15-26(2)17-18-28-3)24-14-11-19-7-9-20(10-8-19)27-16-6-13-25-27;/h6-10,13,16H,4-5,11-12,14-15,17-18H2,1-3H3,(H2,22,23,24);1H. The van der Waals surface area contributed by atoms with Crippen molar-refractivity contribution in [2.45, 2.75) is 19.8 Å². The van der Waals surface area contributed by atoms with Gasteiger partial charge in [-0.3, -0.25) is 4.99 Å².